The first kappa shape index (κ1) is 15.1. The van der Waals surface area contributed by atoms with E-state index in [-0.39, 0.29) is 10.9 Å². The molecule has 0 saturated carbocycles. The summed E-state index contributed by atoms with van der Waals surface area (Å²) < 4.78 is 15.4. The van der Waals surface area contributed by atoms with E-state index in [1.165, 1.54) is 12.1 Å². The first-order valence-electron chi connectivity index (χ1n) is 6.17. The van der Waals surface area contributed by atoms with E-state index in [1.807, 2.05) is 4.57 Å². The van der Waals surface area contributed by atoms with Gasteiger partial charge in [-0.2, -0.15) is 0 Å². The fraction of sp³-hybridized carbons (Fsp3) is 0.385. The number of halogens is 3. The van der Waals surface area contributed by atoms with E-state index >= 15 is 0 Å². The van der Waals surface area contributed by atoms with E-state index in [4.69, 9.17) is 23.2 Å². The second-order valence-electron chi connectivity index (χ2n) is 4.30. The van der Waals surface area contributed by atoms with E-state index in [9.17, 15) is 9.18 Å². The van der Waals surface area contributed by atoms with E-state index in [0.29, 0.717) is 36.3 Å². The number of hydrogen-bond donors (Lipinski definition) is 1. The molecule has 0 aliphatic heterocycles. The van der Waals surface area contributed by atoms with Crippen LogP contribution >= 0.6 is 23.2 Å². The molecule has 0 bridgehead atoms. The lowest BCUT2D eigenvalue weighted by Gasteiger charge is -2.08. The maximum absolute atomic E-state index is 13.6. The van der Waals surface area contributed by atoms with Gasteiger partial charge in [0.25, 0.3) is 0 Å². The van der Waals surface area contributed by atoms with Gasteiger partial charge in [-0.1, -0.05) is 11.6 Å². The first-order chi connectivity index (χ1) is 9.56. The van der Waals surface area contributed by atoms with Crippen molar-refractivity contribution >= 4 is 40.1 Å². The van der Waals surface area contributed by atoms with Crippen LogP contribution in [0.25, 0.3) is 11.0 Å². The second kappa shape index (κ2) is 6.41. The molecular formula is C13H14Cl2FN3O. The summed E-state index contributed by atoms with van der Waals surface area (Å²) in [5, 5.41) is 2.59. The minimum atomic E-state index is -0.502. The molecule has 1 aromatic carbocycles. The van der Waals surface area contributed by atoms with Gasteiger partial charge in [-0.3, -0.25) is 4.79 Å². The van der Waals surface area contributed by atoms with E-state index in [1.54, 1.807) is 7.05 Å². The molecule has 1 amide bonds. The Morgan fingerprint density at radius 2 is 2.25 bits per heavy atom. The van der Waals surface area contributed by atoms with Crippen molar-refractivity contribution < 1.29 is 9.18 Å². The van der Waals surface area contributed by atoms with E-state index < -0.39 is 5.82 Å². The SMILES string of the molecule is CNC(=O)CCn1c(CCCl)nc2cc(Cl)c(F)cc21. The summed E-state index contributed by atoms with van der Waals surface area (Å²) in [5.41, 5.74) is 1.23. The van der Waals surface area contributed by atoms with Gasteiger partial charge in [0.05, 0.1) is 16.1 Å². The lowest BCUT2D eigenvalue weighted by atomic mass is 10.3. The lowest BCUT2D eigenvalue weighted by molar-refractivity contribution is -0.120. The summed E-state index contributed by atoms with van der Waals surface area (Å²) >= 11 is 11.5. The fourth-order valence-corrected chi connectivity index (χ4v) is 2.36. The highest BCUT2D eigenvalue weighted by molar-refractivity contribution is 6.31. The molecule has 1 heterocycles. The van der Waals surface area contributed by atoms with Crippen molar-refractivity contribution in [3.8, 4) is 0 Å². The quantitative estimate of drug-likeness (QED) is 0.862. The molecule has 0 aliphatic rings. The Hall–Kier alpha value is -1.33. The van der Waals surface area contributed by atoms with Crippen LogP contribution in [0.15, 0.2) is 12.1 Å². The van der Waals surface area contributed by atoms with Gasteiger partial charge in [-0.25, -0.2) is 9.37 Å². The smallest absolute Gasteiger partial charge is 0.221 e. The Kier molecular flexibility index (Phi) is 4.83. The van der Waals surface area contributed by atoms with Gasteiger partial charge in [-0.15, -0.1) is 11.6 Å². The number of nitrogens with one attached hydrogen (secondary N) is 1. The zero-order chi connectivity index (χ0) is 14.7. The lowest BCUT2D eigenvalue weighted by Crippen LogP contribution is -2.20. The summed E-state index contributed by atoms with van der Waals surface area (Å²) in [6, 6.07) is 2.83. The zero-order valence-corrected chi connectivity index (χ0v) is 12.4. The number of carbonyl (C=O) groups is 1. The minimum absolute atomic E-state index is 0.0332. The number of imidazole rings is 1. The molecule has 0 atom stereocenters. The van der Waals surface area contributed by atoms with Crippen molar-refractivity contribution in [2.75, 3.05) is 12.9 Å². The van der Waals surface area contributed by atoms with Gasteiger partial charge in [0.1, 0.15) is 11.6 Å². The third-order valence-corrected chi connectivity index (χ3v) is 3.51. The Bertz CT molecular complexity index is 642. The van der Waals surface area contributed by atoms with Gasteiger partial charge >= 0.3 is 0 Å². The molecule has 2 rings (SSSR count). The predicted molar refractivity (Wildman–Crippen MR) is 77.8 cm³/mol. The fourth-order valence-electron chi connectivity index (χ4n) is 2.03. The molecule has 7 heteroatoms. The topological polar surface area (TPSA) is 46.9 Å². The maximum atomic E-state index is 13.6. The van der Waals surface area contributed by atoms with Crippen molar-refractivity contribution in [3.63, 3.8) is 0 Å². The van der Waals surface area contributed by atoms with Crippen LogP contribution in [-0.2, 0) is 17.8 Å². The van der Waals surface area contributed by atoms with Crippen LogP contribution in [0, 0.1) is 5.82 Å². The molecule has 0 aliphatic carbocycles. The third kappa shape index (κ3) is 3.04. The summed E-state index contributed by atoms with van der Waals surface area (Å²) in [6.07, 6.45) is 0.838. The number of fused-ring (bicyclic) bond motifs is 1. The van der Waals surface area contributed by atoms with Gasteiger partial charge in [0.2, 0.25) is 5.91 Å². The summed E-state index contributed by atoms with van der Waals surface area (Å²) in [6.45, 7) is 0.420. The van der Waals surface area contributed by atoms with Crippen LogP contribution in [0.3, 0.4) is 0 Å². The number of rotatable bonds is 5. The van der Waals surface area contributed by atoms with Gasteiger partial charge in [0, 0.05) is 38.4 Å². The number of aryl methyl sites for hydroxylation is 2. The van der Waals surface area contributed by atoms with Crippen molar-refractivity contribution in [3.05, 3.63) is 28.8 Å². The van der Waals surface area contributed by atoms with Crippen LogP contribution < -0.4 is 5.32 Å². The molecular weight excluding hydrogens is 304 g/mol. The molecule has 0 spiro atoms. The highest BCUT2D eigenvalue weighted by Crippen LogP contribution is 2.24. The van der Waals surface area contributed by atoms with Crippen LogP contribution in [0.2, 0.25) is 5.02 Å². The molecule has 1 aromatic heterocycles. The average molecular weight is 318 g/mol. The molecule has 108 valence electrons. The minimum Gasteiger partial charge on any atom is -0.359 e. The number of carbonyl (C=O) groups excluding carboxylic acids is 1. The van der Waals surface area contributed by atoms with Crippen molar-refractivity contribution in [1.82, 2.24) is 14.9 Å². The van der Waals surface area contributed by atoms with Crippen molar-refractivity contribution in [2.45, 2.75) is 19.4 Å². The summed E-state index contributed by atoms with van der Waals surface area (Å²) in [5.74, 6) is 0.538. The van der Waals surface area contributed by atoms with Crippen LogP contribution in [-0.4, -0.2) is 28.4 Å². The Balaban J connectivity index is 2.44. The van der Waals surface area contributed by atoms with Crippen molar-refractivity contribution in [1.29, 1.82) is 0 Å². The molecule has 1 N–H and O–H groups in total. The number of alkyl halides is 1. The average Bonchev–Trinajstić information content (AvgIpc) is 2.74. The number of benzene rings is 1. The number of hydrogen-bond acceptors (Lipinski definition) is 2. The highest BCUT2D eigenvalue weighted by Gasteiger charge is 2.14. The standard InChI is InChI=1S/C13H14Cl2FN3O/c1-17-13(20)3-5-19-11-7-9(16)8(15)6-10(11)18-12(19)2-4-14/h6-7H,2-5H2,1H3,(H,17,20). The second-order valence-corrected chi connectivity index (χ2v) is 5.08. The Morgan fingerprint density at radius 1 is 1.50 bits per heavy atom. The molecule has 0 radical (unpaired) electrons. The molecule has 4 nitrogen and oxygen atoms in total. The summed E-state index contributed by atoms with van der Waals surface area (Å²) in [7, 11) is 1.58. The largest absolute Gasteiger partial charge is 0.359 e. The predicted octanol–water partition coefficient (Wildman–Crippen LogP) is 2.75. The summed E-state index contributed by atoms with van der Waals surface area (Å²) in [4.78, 5) is 15.8. The Labute approximate surface area is 125 Å². The van der Waals surface area contributed by atoms with Crippen LogP contribution in [0.4, 0.5) is 4.39 Å². The van der Waals surface area contributed by atoms with Gasteiger partial charge < -0.3 is 9.88 Å². The van der Waals surface area contributed by atoms with Crippen molar-refractivity contribution in [2.24, 2.45) is 0 Å². The molecule has 0 unspecified atom stereocenters. The van der Waals surface area contributed by atoms with Gasteiger partial charge in [-0.05, 0) is 6.07 Å². The van der Waals surface area contributed by atoms with E-state index in [2.05, 4.69) is 10.3 Å². The zero-order valence-electron chi connectivity index (χ0n) is 10.9. The Morgan fingerprint density at radius 3 is 2.90 bits per heavy atom. The number of aromatic nitrogens is 2. The van der Waals surface area contributed by atoms with E-state index in [0.717, 1.165) is 5.82 Å². The normalized spacial score (nSPS) is 11.0. The molecule has 0 saturated heterocycles. The molecule has 20 heavy (non-hydrogen) atoms. The maximum Gasteiger partial charge on any atom is 0.221 e. The first-order valence-corrected chi connectivity index (χ1v) is 7.08. The third-order valence-electron chi connectivity index (χ3n) is 3.03. The monoisotopic (exact) mass is 317 g/mol. The number of nitrogens with zero attached hydrogens (tertiary/aromatic N) is 2. The molecule has 2 aromatic rings. The van der Waals surface area contributed by atoms with Crippen LogP contribution in [0.5, 0.6) is 0 Å². The molecule has 0 fully saturated rings. The van der Waals surface area contributed by atoms with Crippen LogP contribution in [0.1, 0.15) is 12.2 Å². The highest BCUT2D eigenvalue weighted by atomic mass is 35.5. The number of amides is 1. The van der Waals surface area contributed by atoms with Gasteiger partial charge in [0.15, 0.2) is 0 Å².